The van der Waals surface area contributed by atoms with Crippen LogP contribution in [0.15, 0.2) is 42.5 Å². The third-order valence-corrected chi connectivity index (χ3v) is 4.04. The average molecular weight is 243 g/mol. The van der Waals surface area contributed by atoms with Crippen LogP contribution in [0.25, 0.3) is 0 Å². The van der Waals surface area contributed by atoms with Crippen LogP contribution in [0.2, 0.25) is 0 Å². The molecular formula is C15H21N3. The summed E-state index contributed by atoms with van der Waals surface area (Å²) in [7, 11) is 0. The molecule has 18 heavy (non-hydrogen) atoms. The fraction of sp³-hybridized carbons (Fsp3) is 0.467. The zero-order valence-corrected chi connectivity index (χ0v) is 10.8. The second-order valence-corrected chi connectivity index (χ2v) is 5.43. The van der Waals surface area contributed by atoms with E-state index in [2.05, 4.69) is 59.3 Å². The molecule has 0 spiro atoms. The zero-order chi connectivity index (χ0) is 12.4. The van der Waals surface area contributed by atoms with Gasteiger partial charge < -0.3 is 16.0 Å². The maximum absolute atomic E-state index is 3.75. The highest BCUT2D eigenvalue weighted by molar-refractivity contribution is 5.43. The molecule has 0 saturated carbocycles. The van der Waals surface area contributed by atoms with Crippen molar-refractivity contribution in [3.63, 3.8) is 0 Å². The molecule has 3 N–H and O–H groups in total. The zero-order valence-electron chi connectivity index (χ0n) is 10.8. The predicted octanol–water partition coefficient (Wildman–Crippen LogP) is 1.60. The lowest BCUT2D eigenvalue weighted by Crippen LogP contribution is -2.60. The van der Waals surface area contributed by atoms with Gasteiger partial charge >= 0.3 is 0 Å². The van der Waals surface area contributed by atoms with Crippen LogP contribution in [0.3, 0.4) is 0 Å². The van der Waals surface area contributed by atoms with Gasteiger partial charge in [0.05, 0.1) is 5.54 Å². The second-order valence-electron chi connectivity index (χ2n) is 5.43. The van der Waals surface area contributed by atoms with Crippen molar-refractivity contribution < 1.29 is 0 Å². The van der Waals surface area contributed by atoms with Crippen LogP contribution in [0, 0.1) is 5.92 Å². The first kappa shape index (κ1) is 11.8. The first-order valence-corrected chi connectivity index (χ1v) is 6.74. The average Bonchev–Trinajstić information content (AvgIpc) is 2.81. The molecule has 0 aromatic heterocycles. The predicted molar refractivity (Wildman–Crippen MR) is 75.8 cm³/mol. The summed E-state index contributed by atoms with van der Waals surface area (Å²) in [5, 5.41) is 10.8. The number of fused-ring (bicyclic) bond motifs is 1. The Labute approximate surface area is 109 Å². The van der Waals surface area contributed by atoms with Crippen molar-refractivity contribution in [3.05, 3.63) is 42.5 Å². The van der Waals surface area contributed by atoms with E-state index in [1.807, 2.05) is 6.07 Å². The quantitative estimate of drug-likeness (QED) is 0.706. The standard InChI is InChI=1S/C15H21N3/c1-12-7-8-13-9-16-10-15(13,18-12)11-17-14-5-3-2-4-6-14/h2-8,12-13,16-18H,9-11H2,1H3/t12-,13-,15+/m1/s1. The molecule has 2 heterocycles. The van der Waals surface area contributed by atoms with Gasteiger partial charge in [-0.3, -0.25) is 0 Å². The number of hydrogen-bond acceptors (Lipinski definition) is 3. The molecule has 0 unspecified atom stereocenters. The van der Waals surface area contributed by atoms with Crippen molar-refractivity contribution in [2.75, 3.05) is 25.0 Å². The fourth-order valence-electron chi connectivity index (χ4n) is 3.05. The molecule has 96 valence electrons. The molecule has 1 saturated heterocycles. The van der Waals surface area contributed by atoms with Crippen LogP contribution in [-0.2, 0) is 0 Å². The summed E-state index contributed by atoms with van der Waals surface area (Å²) in [5.41, 5.74) is 1.35. The largest absolute Gasteiger partial charge is 0.383 e. The van der Waals surface area contributed by atoms with Crippen LogP contribution >= 0.6 is 0 Å². The lowest BCUT2D eigenvalue weighted by atomic mass is 9.82. The molecule has 0 bridgehead atoms. The molecule has 3 nitrogen and oxygen atoms in total. The summed E-state index contributed by atoms with van der Waals surface area (Å²) in [6, 6.07) is 10.9. The Balaban J connectivity index is 1.72. The highest BCUT2D eigenvalue weighted by Crippen LogP contribution is 2.28. The van der Waals surface area contributed by atoms with Gasteiger partial charge in [-0.25, -0.2) is 0 Å². The molecule has 0 radical (unpaired) electrons. The van der Waals surface area contributed by atoms with E-state index in [1.54, 1.807) is 0 Å². The van der Waals surface area contributed by atoms with E-state index in [9.17, 15) is 0 Å². The number of anilines is 1. The van der Waals surface area contributed by atoms with Gasteiger partial charge in [-0.1, -0.05) is 30.4 Å². The van der Waals surface area contributed by atoms with Gasteiger partial charge in [-0.15, -0.1) is 0 Å². The minimum Gasteiger partial charge on any atom is -0.383 e. The number of nitrogens with one attached hydrogen (secondary N) is 3. The smallest absolute Gasteiger partial charge is 0.0561 e. The maximum Gasteiger partial charge on any atom is 0.0561 e. The molecule has 0 amide bonds. The van der Waals surface area contributed by atoms with Gasteiger partial charge in [0.1, 0.15) is 0 Å². The monoisotopic (exact) mass is 243 g/mol. The summed E-state index contributed by atoms with van der Waals surface area (Å²) in [5.74, 6) is 0.588. The topological polar surface area (TPSA) is 36.1 Å². The van der Waals surface area contributed by atoms with E-state index < -0.39 is 0 Å². The summed E-state index contributed by atoms with van der Waals surface area (Å²) in [6.45, 7) is 5.29. The van der Waals surface area contributed by atoms with Crippen LogP contribution in [0.1, 0.15) is 6.92 Å². The molecule has 3 heteroatoms. The van der Waals surface area contributed by atoms with Crippen molar-refractivity contribution >= 4 is 5.69 Å². The van der Waals surface area contributed by atoms with Gasteiger partial charge in [0.2, 0.25) is 0 Å². The number of rotatable bonds is 3. The molecule has 0 aliphatic carbocycles. The van der Waals surface area contributed by atoms with Crippen LogP contribution in [0.4, 0.5) is 5.69 Å². The van der Waals surface area contributed by atoms with E-state index in [-0.39, 0.29) is 5.54 Å². The molecule has 1 aromatic carbocycles. The molecule has 2 aliphatic heterocycles. The van der Waals surface area contributed by atoms with Gasteiger partial charge in [0.15, 0.2) is 0 Å². The highest BCUT2D eigenvalue weighted by Gasteiger charge is 2.43. The molecule has 1 aromatic rings. The maximum atomic E-state index is 3.75. The number of hydrogen-bond donors (Lipinski definition) is 3. The van der Waals surface area contributed by atoms with Crippen LogP contribution in [-0.4, -0.2) is 31.2 Å². The number of benzene rings is 1. The Kier molecular flexibility index (Phi) is 3.10. The third kappa shape index (κ3) is 2.16. The SMILES string of the molecule is C[C@@H]1C=C[C@@H]2CNC[C@@]2(CNc2ccccc2)N1. The van der Waals surface area contributed by atoms with Gasteiger partial charge in [-0.2, -0.15) is 0 Å². The van der Waals surface area contributed by atoms with Crippen LogP contribution in [0.5, 0.6) is 0 Å². The molecule has 3 rings (SSSR count). The summed E-state index contributed by atoms with van der Waals surface area (Å²) < 4.78 is 0. The lowest BCUT2D eigenvalue weighted by Gasteiger charge is -2.40. The Morgan fingerprint density at radius 2 is 2.11 bits per heavy atom. The van der Waals surface area contributed by atoms with E-state index in [1.165, 1.54) is 5.69 Å². The summed E-state index contributed by atoms with van der Waals surface area (Å²) in [6.07, 6.45) is 4.65. The van der Waals surface area contributed by atoms with E-state index in [0.29, 0.717) is 12.0 Å². The molecule has 2 aliphatic rings. The van der Waals surface area contributed by atoms with E-state index in [0.717, 1.165) is 19.6 Å². The Morgan fingerprint density at radius 3 is 2.94 bits per heavy atom. The minimum absolute atomic E-state index is 0.157. The van der Waals surface area contributed by atoms with Gasteiger partial charge in [-0.05, 0) is 19.1 Å². The van der Waals surface area contributed by atoms with Gasteiger partial charge in [0, 0.05) is 37.3 Å². The first-order valence-electron chi connectivity index (χ1n) is 6.74. The van der Waals surface area contributed by atoms with Crippen molar-refractivity contribution in [2.24, 2.45) is 5.92 Å². The molecule has 1 fully saturated rings. The summed E-state index contributed by atoms with van der Waals surface area (Å²) in [4.78, 5) is 0. The van der Waals surface area contributed by atoms with Crippen molar-refractivity contribution in [1.29, 1.82) is 0 Å². The molecular weight excluding hydrogens is 222 g/mol. The van der Waals surface area contributed by atoms with Crippen molar-refractivity contribution in [3.8, 4) is 0 Å². The fourth-order valence-corrected chi connectivity index (χ4v) is 3.05. The van der Waals surface area contributed by atoms with Crippen molar-refractivity contribution in [1.82, 2.24) is 10.6 Å². The Hall–Kier alpha value is -1.32. The van der Waals surface area contributed by atoms with Gasteiger partial charge in [0.25, 0.3) is 0 Å². The highest BCUT2D eigenvalue weighted by atomic mass is 15.1. The van der Waals surface area contributed by atoms with E-state index in [4.69, 9.17) is 0 Å². The number of para-hydroxylation sites is 1. The van der Waals surface area contributed by atoms with Crippen molar-refractivity contribution in [2.45, 2.75) is 18.5 Å². The normalized spacial score (nSPS) is 34.3. The Morgan fingerprint density at radius 1 is 1.28 bits per heavy atom. The minimum atomic E-state index is 0.157. The lowest BCUT2D eigenvalue weighted by molar-refractivity contribution is 0.290. The molecule has 3 atom stereocenters. The first-order chi connectivity index (χ1) is 8.78. The third-order valence-electron chi connectivity index (χ3n) is 4.04. The van der Waals surface area contributed by atoms with E-state index >= 15 is 0 Å². The Bertz CT molecular complexity index is 429. The summed E-state index contributed by atoms with van der Waals surface area (Å²) >= 11 is 0. The van der Waals surface area contributed by atoms with Crippen LogP contribution < -0.4 is 16.0 Å². The second kappa shape index (κ2) is 4.75.